The van der Waals surface area contributed by atoms with Crippen LogP contribution >= 0.6 is 0 Å². The minimum absolute atomic E-state index is 0.820. The summed E-state index contributed by atoms with van der Waals surface area (Å²) in [6, 6.07) is -5.24. The average molecular weight is 1240 g/mol. The van der Waals surface area contributed by atoms with Gasteiger partial charge in [0, 0.05) is 20.8 Å². The lowest BCUT2D eigenvalue weighted by Gasteiger charge is -2.50. The summed E-state index contributed by atoms with van der Waals surface area (Å²) < 4.78 is 75.7. The zero-order valence-electron chi connectivity index (χ0n) is 46.3. The van der Waals surface area contributed by atoms with Crippen LogP contribution in [0.1, 0.15) is 34.6 Å². The summed E-state index contributed by atoms with van der Waals surface area (Å²) in [6.07, 6.45) is -58.4. The number of carbonyl (C=O) groups excluding carboxylic acids is 3. The van der Waals surface area contributed by atoms with E-state index in [1.165, 1.54) is 13.8 Å². The monoisotopic (exact) mass is 1240 g/mol. The summed E-state index contributed by atoms with van der Waals surface area (Å²) in [5, 5.41) is 203. The van der Waals surface area contributed by atoms with Crippen molar-refractivity contribution in [2.75, 3.05) is 33.0 Å². The fourth-order valence-electron chi connectivity index (χ4n) is 11.0. The molecule has 0 aromatic carbocycles. The van der Waals surface area contributed by atoms with Crippen molar-refractivity contribution in [1.29, 1.82) is 0 Å². The summed E-state index contributed by atoms with van der Waals surface area (Å²) in [5.41, 5.74) is 0. The van der Waals surface area contributed by atoms with E-state index in [0.717, 1.165) is 20.8 Å². The fourth-order valence-corrected chi connectivity index (χ4v) is 11.0. The van der Waals surface area contributed by atoms with Crippen molar-refractivity contribution in [2.24, 2.45) is 0 Å². The maximum atomic E-state index is 12.8. The molecule has 0 aromatic rings. The molecule has 7 saturated heterocycles. The van der Waals surface area contributed by atoms with E-state index < -0.39 is 266 Å². The topological polar surface area (TPSA) is 571 Å². The van der Waals surface area contributed by atoms with E-state index in [1.807, 2.05) is 0 Å². The predicted octanol–water partition coefficient (Wildman–Crippen LogP) is -13.8. The molecule has 0 aromatic heterocycles. The molecule has 0 saturated carbocycles. The molecule has 7 rings (SSSR count). The normalized spacial score (nSPS) is 49.8. The molecule has 37 nitrogen and oxygen atoms in total. The van der Waals surface area contributed by atoms with E-state index in [9.17, 15) is 106 Å². The molecule has 85 heavy (non-hydrogen) atoms. The first kappa shape index (κ1) is 69.6. The molecule has 35 atom stereocenters. The van der Waals surface area contributed by atoms with E-state index in [2.05, 4.69) is 16.0 Å². The number of carbonyl (C=O) groups is 3. The summed E-state index contributed by atoms with van der Waals surface area (Å²) >= 11 is 0. The Kier molecular flexibility index (Phi) is 24.5. The number of ether oxygens (including phenoxy) is 13. The van der Waals surface area contributed by atoms with Crippen LogP contribution in [0.15, 0.2) is 0 Å². The maximum Gasteiger partial charge on any atom is 0.217 e. The number of aliphatic hydroxyl groups is 18. The molecule has 7 aliphatic heterocycles. The van der Waals surface area contributed by atoms with Gasteiger partial charge in [-0.1, -0.05) is 0 Å². The number of amides is 3. The summed E-state index contributed by atoms with van der Waals surface area (Å²) in [6.45, 7) is 0.864. The highest BCUT2D eigenvalue weighted by Gasteiger charge is 2.58. The largest absolute Gasteiger partial charge is 0.394 e. The van der Waals surface area contributed by atoms with Crippen molar-refractivity contribution in [2.45, 2.75) is 249 Å². The van der Waals surface area contributed by atoms with Gasteiger partial charge in [0.1, 0.15) is 159 Å². The van der Waals surface area contributed by atoms with Crippen molar-refractivity contribution < 1.29 is 168 Å². The Morgan fingerprint density at radius 2 is 0.682 bits per heavy atom. The van der Waals surface area contributed by atoms with E-state index >= 15 is 0 Å². The molecule has 0 radical (unpaired) electrons. The van der Waals surface area contributed by atoms with Crippen LogP contribution in [-0.2, 0) is 76.0 Å². The van der Waals surface area contributed by atoms with Crippen LogP contribution in [-0.4, -0.2) is 357 Å². The van der Waals surface area contributed by atoms with E-state index in [4.69, 9.17) is 61.6 Å². The molecule has 0 aliphatic carbocycles. The van der Waals surface area contributed by atoms with Crippen molar-refractivity contribution in [1.82, 2.24) is 16.0 Å². The first-order valence-corrected chi connectivity index (χ1v) is 27.3. The first-order chi connectivity index (χ1) is 40.1. The zero-order chi connectivity index (χ0) is 62.8. The van der Waals surface area contributed by atoms with Crippen LogP contribution in [0.25, 0.3) is 0 Å². The molecule has 3 amide bonds. The predicted molar refractivity (Wildman–Crippen MR) is 264 cm³/mol. The Morgan fingerprint density at radius 3 is 1.08 bits per heavy atom. The maximum absolute atomic E-state index is 12.8. The third kappa shape index (κ3) is 15.3. The van der Waals surface area contributed by atoms with E-state index in [0.29, 0.717) is 0 Å². The van der Waals surface area contributed by atoms with Gasteiger partial charge in [-0.25, -0.2) is 0 Å². The molecule has 37 heteroatoms. The van der Waals surface area contributed by atoms with Gasteiger partial charge in [-0.2, -0.15) is 0 Å². The summed E-state index contributed by atoms with van der Waals surface area (Å²) in [4.78, 5) is 38.0. The van der Waals surface area contributed by atoms with Crippen LogP contribution in [0.5, 0.6) is 0 Å². The number of rotatable bonds is 20. The van der Waals surface area contributed by atoms with Gasteiger partial charge in [0.25, 0.3) is 0 Å². The van der Waals surface area contributed by atoms with Gasteiger partial charge in [0.2, 0.25) is 17.7 Å². The minimum Gasteiger partial charge on any atom is -0.394 e. The number of hydrogen-bond donors (Lipinski definition) is 21. The van der Waals surface area contributed by atoms with Crippen LogP contribution in [0.4, 0.5) is 0 Å². The zero-order valence-corrected chi connectivity index (χ0v) is 46.3. The molecule has 7 aliphatic rings. The molecule has 492 valence electrons. The summed E-state index contributed by atoms with van der Waals surface area (Å²) in [5.74, 6) is -2.51. The third-order valence-electron chi connectivity index (χ3n) is 15.7. The van der Waals surface area contributed by atoms with Crippen molar-refractivity contribution in [3.63, 3.8) is 0 Å². The standard InChI is InChI=1S/C48H81N3O34/c1-11-24(59)31(66)35(70)45(74-11)84-40-33(68)26(61)16(6-52)77-47(40)81-37-18(8-54)79-43(21(29(37)64)49-13(3)56)73-10-20-28(63)39(23(42(72)76-20)51-15(5)58)83-44-22(50-14(4)57)30(65)38(19(9-55)80-44)82-48-41(34(69)27(62)17(7-53)78-48)85-46-36(71)32(67)25(60)12(2)75-46/h11-12,16-48,52-55,59-72H,6-10H2,1-5H3,(H,49,56)(H,50,57)(H,51,58)/t11-,12-,16+,17+,18+,19+,20+,21+,22+,23+,24+,25+,26+,27+,28-,29+,30+,31+,32+,33+,34+,35-,36-,37+,38+,39+,40+,41+,42-,43+,44-,45-,46-,47-,48-/m0/s1. The van der Waals surface area contributed by atoms with E-state index in [-0.39, 0.29) is 0 Å². The molecule has 0 bridgehead atoms. The quantitative estimate of drug-likeness (QED) is 0.0538. The molecule has 0 unspecified atom stereocenters. The second kappa shape index (κ2) is 29.9. The fraction of sp³-hybridized carbons (Fsp3) is 0.938. The molecule has 7 heterocycles. The number of nitrogens with one attached hydrogen (secondary N) is 3. The molecular formula is C48H81N3O34. The lowest BCUT2D eigenvalue weighted by atomic mass is 9.93. The average Bonchev–Trinajstić information content (AvgIpc) is 2.04. The highest BCUT2D eigenvalue weighted by molar-refractivity contribution is 5.74. The third-order valence-corrected chi connectivity index (χ3v) is 15.7. The van der Waals surface area contributed by atoms with Gasteiger partial charge in [0.15, 0.2) is 44.0 Å². The van der Waals surface area contributed by atoms with Gasteiger partial charge in [-0.05, 0) is 13.8 Å². The Hall–Kier alpha value is -2.83. The smallest absolute Gasteiger partial charge is 0.217 e. The lowest BCUT2D eigenvalue weighted by molar-refractivity contribution is -0.386. The van der Waals surface area contributed by atoms with Crippen LogP contribution in [0.3, 0.4) is 0 Å². The highest BCUT2D eigenvalue weighted by atomic mass is 16.8. The van der Waals surface area contributed by atoms with Crippen molar-refractivity contribution in [3.05, 3.63) is 0 Å². The second-order valence-corrected chi connectivity index (χ2v) is 21.8. The van der Waals surface area contributed by atoms with E-state index in [1.54, 1.807) is 0 Å². The number of hydrogen-bond acceptors (Lipinski definition) is 34. The van der Waals surface area contributed by atoms with Gasteiger partial charge >= 0.3 is 0 Å². The Labute approximate surface area is 483 Å². The van der Waals surface area contributed by atoms with Gasteiger partial charge in [0.05, 0.1) is 45.2 Å². The number of aliphatic hydroxyl groups excluding tert-OH is 18. The lowest BCUT2D eigenvalue weighted by Crippen LogP contribution is -2.71. The molecule has 7 fully saturated rings. The molecular weight excluding hydrogens is 1160 g/mol. The van der Waals surface area contributed by atoms with Gasteiger partial charge in [-0.15, -0.1) is 0 Å². The highest BCUT2D eigenvalue weighted by Crippen LogP contribution is 2.37. The second-order valence-electron chi connectivity index (χ2n) is 21.8. The van der Waals surface area contributed by atoms with Crippen LogP contribution < -0.4 is 16.0 Å². The van der Waals surface area contributed by atoms with Crippen LogP contribution in [0, 0.1) is 0 Å². The first-order valence-electron chi connectivity index (χ1n) is 27.3. The Bertz CT molecular complexity index is 2150. The molecule has 21 N–H and O–H groups in total. The van der Waals surface area contributed by atoms with Crippen LogP contribution in [0.2, 0.25) is 0 Å². The molecule has 0 spiro atoms. The minimum atomic E-state index is -2.12. The Morgan fingerprint density at radius 1 is 0.329 bits per heavy atom. The summed E-state index contributed by atoms with van der Waals surface area (Å²) in [7, 11) is 0. The van der Waals surface area contributed by atoms with Gasteiger partial charge in [-0.3, -0.25) is 14.4 Å². The van der Waals surface area contributed by atoms with Crippen molar-refractivity contribution in [3.8, 4) is 0 Å². The van der Waals surface area contributed by atoms with Gasteiger partial charge < -0.3 is 169 Å². The van der Waals surface area contributed by atoms with Crippen molar-refractivity contribution >= 4 is 17.7 Å². The SMILES string of the molecule is CC(=O)N[C@@H]1[C@@H](O[C@@H]2O[C@H](CO)[C@@H](O[C@@H]3O[C@H](CO)[C@@H](O)[C@@H](O)[C@H]3O[C@@H]3O[C@@H](C)[C@@H](O)[C@@H](O)[C@@H]3O)[C@H](O)[C@H]2NC(C)=O)[C@@H](O)[C@@H](CO[C@@H]2O[C@H](CO)[C@@H](O[C@@H]3O[C@H](CO)[C@@H](O)[C@@H](O)[C@H]3O[C@@H]3O[C@@H](C)[C@@H](O)[C@@H](O)[C@@H]3O)[C@H](O)[C@H]2NC(C)=O)O[C@@H]1O. The Balaban J connectivity index is 1.10.